The van der Waals surface area contributed by atoms with E-state index in [1.807, 2.05) is 0 Å². The maximum Gasteiger partial charge on any atom is 0.0459 e. The van der Waals surface area contributed by atoms with Gasteiger partial charge in [0.1, 0.15) is 0 Å². The molecule has 0 fully saturated rings. The second kappa shape index (κ2) is 5.38. The minimum absolute atomic E-state index is 1.08. The van der Waals surface area contributed by atoms with E-state index in [-0.39, 0.29) is 0 Å². The van der Waals surface area contributed by atoms with Crippen LogP contribution in [0.25, 0.3) is 10.9 Å². The number of aromatic nitrogens is 1. The van der Waals surface area contributed by atoms with Crippen molar-refractivity contribution in [1.29, 1.82) is 0 Å². The van der Waals surface area contributed by atoms with Crippen molar-refractivity contribution in [2.75, 3.05) is 13.1 Å². The Balaban J connectivity index is 1.51. The minimum atomic E-state index is 1.08. The van der Waals surface area contributed by atoms with Gasteiger partial charge in [-0.15, -0.1) is 0 Å². The summed E-state index contributed by atoms with van der Waals surface area (Å²) in [5, 5.41) is 1.40. The summed E-state index contributed by atoms with van der Waals surface area (Å²) in [6, 6.07) is 19.5. The first kappa shape index (κ1) is 12.7. The standard InChI is InChI=1S/C19H20N2/c1-2-6-15(7-3-1)10-12-21-13-11-19-17(14-21)16-8-4-5-9-18(16)20-19/h1-9,20H,10-14H2. The smallest absolute Gasteiger partial charge is 0.0459 e. The van der Waals surface area contributed by atoms with Gasteiger partial charge >= 0.3 is 0 Å². The van der Waals surface area contributed by atoms with Gasteiger partial charge in [-0.25, -0.2) is 0 Å². The lowest BCUT2D eigenvalue weighted by Crippen LogP contribution is -2.32. The van der Waals surface area contributed by atoms with Crippen LogP contribution in [0.4, 0.5) is 0 Å². The predicted octanol–water partition coefficient (Wildman–Crippen LogP) is 3.77. The molecule has 0 amide bonds. The molecule has 1 aliphatic heterocycles. The molecule has 0 atom stereocenters. The van der Waals surface area contributed by atoms with E-state index < -0.39 is 0 Å². The second-order valence-electron chi connectivity index (χ2n) is 5.89. The molecule has 3 aromatic rings. The molecule has 4 rings (SSSR count). The Labute approximate surface area is 125 Å². The van der Waals surface area contributed by atoms with Crippen LogP contribution in [-0.2, 0) is 19.4 Å². The molecule has 0 saturated carbocycles. The second-order valence-corrected chi connectivity index (χ2v) is 5.89. The number of H-pyrrole nitrogens is 1. The Hall–Kier alpha value is -2.06. The van der Waals surface area contributed by atoms with Crippen LogP contribution in [0, 0.1) is 0 Å². The van der Waals surface area contributed by atoms with Crippen molar-refractivity contribution in [3.8, 4) is 0 Å². The van der Waals surface area contributed by atoms with Crippen LogP contribution in [-0.4, -0.2) is 23.0 Å². The van der Waals surface area contributed by atoms with Crippen molar-refractivity contribution >= 4 is 10.9 Å². The average Bonchev–Trinajstić information content (AvgIpc) is 2.92. The number of para-hydroxylation sites is 1. The van der Waals surface area contributed by atoms with Crippen molar-refractivity contribution in [3.05, 3.63) is 71.4 Å². The van der Waals surface area contributed by atoms with E-state index in [0.717, 1.165) is 32.5 Å². The van der Waals surface area contributed by atoms with E-state index in [2.05, 4.69) is 64.5 Å². The number of nitrogens with one attached hydrogen (secondary N) is 1. The molecule has 106 valence electrons. The highest BCUT2D eigenvalue weighted by Gasteiger charge is 2.19. The third-order valence-corrected chi connectivity index (χ3v) is 4.52. The highest BCUT2D eigenvalue weighted by Crippen LogP contribution is 2.27. The quantitative estimate of drug-likeness (QED) is 0.771. The van der Waals surface area contributed by atoms with Crippen molar-refractivity contribution in [1.82, 2.24) is 9.88 Å². The molecule has 2 heteroatoms. The maximum absolute atomic E-state index is 3.58. The summed E-state index contributed by atoms with van der Waals surface area (Å²) in [7, 11) is 0. The number of hydrogen-bond donors (Lipinski definition) is 1. The monoisotopic (exact) mass is 276 g/mol. The van der Waals surface area contributed by atoms with E-state index in [9.17, 15) is 0 Å². The highest BCUT2D eigenvalue weighted by molar-refractivity contribution is 5.84. The molecule has 0 radical (unpaired) electrons. The first-order valence-electron chi connectivity index (χ1n) is 7.75. The fraction of sp³-hybridized carbons (Fsp3) is 0.263. The maximum atomic E-state index is 3.58. The molecule has 0 aliphatic carbocycles. The first-order chi connectivity index (χ1) is 10.4. The van der Waals surface area contributed by atoms with Crippen LogP contribution in [0.5, 0.6) is 0 Å². The lowest BCUT2D eigenvalue weighted by atomic mass is 10.0. The zero-order valence-electron chi connectivity index (χ0n) is 12.2. The molecule has 21 heavy (non-hydrogen) atoms. The fourth-order valence-corrected chi connectivity index (χ4v) is 3.35. The van der Waals surface area contributed by atoms with Gasteiger partial charge in [0.25, 0.3) is 0 Å². The van der Waals surface area contributed by atoms with E-state index in [0.29, 0.717) is 0 Å². The fourth-order valence-electron chi connectivity index (χ4n) is 3.35. The lowest BCUT2D eigenvalue weighted by molar-refractivity contribution is 0.257. The normalized spacial score (nSPS) is 15.2. The van der Waals surface area contributed by atoms with E-state index in [1.54, 1.807) is 0 Å². The van der Waals surface area contributed by atoms with Gasteiger partial charge in [-0.2, -0.15) is 0 Å². The van der Waals surface area contributed by atoms with E-state index >= 15 is 0 Å². The van der Waals surface area contributed by atoms with Gasteiger partial charge in [-0.05, 0) is 23.6 Å². The summed E-state index contributed by atoms with van der Waals surface area (Å²) in [5.74, 6) is 0. The number of nitrogens with zero attached hydrogens (tertiary/aromatic N) is 1. The van der Waals surface area contributed by atoms with Gasteiger partial charge in [0.05, 0.1) is 0 Å². The van der Waals surface area contributed by atoms with Crippen molar-refractivity contribution in [3.63, 3.8) is 0 Å². The van der Waals surface area contributed by atoms with E-state index in [4.69, 9.17) is 0 Å². The summed E-state index contributed by atoms with van der Waals surface area (Å²) in [6.45, 7) is 3.38. The summed E-state index contributed by atoms with van der Waals surface area (Å²) in [4.78, 5) is 6.16. The van der Waals surface area contributed by atoms with Crippen LogP contribution < -0.4 is 0 Å². The van der Waals surface area contributed by atoms with E-state index in [1.165, 1.54) is 27.7 Å². The molecule has 1 N–H and O–H groups in total. The summed E-state index contributed by atoms with van der Waals surface area (Å²) in [5.41, 5.74) is 5.66. The van der Waals surface area contributed by atoms with Gasteiger partial charge in [0, 0.05) is 42.7 Å². The summed E-state index contributed by atoms with van der Waals surface area (Å²) in [6.07, 6.45) is 2.28. The van der Waals surface area contributed by atoms with Gasteiger partial charge in [0.2, 0.25) is 0 Å². The molecular weight excluding hydrogens is 256 g/mol. The molecule has 0 unspecified atom stereocenters. The first-order valence-corrected chi connectivity index (χ1v) is 7.75. The molecular formula is C19H20N2. The van der Waals surface area contributed by atoms with Crippen LogP contribution in [0.3, 0.4) is 0 Å². The van der Waals surface area contributed by atoms with Gasteiger partial charge in [0.15, 0.2) is 0 Å². The van der Waals surface area contributed by atoms with Gasteiger partial charge in [-0.1, -0.05) is 48.5 Å². The summed E-state index contributed by atoms with van der Waals surface area (Å²) < 4.78 is 0. The number of benzene rings is 2. The number of rotatable bonds is 3. The van der Waals surface area contributed by atoms with Crippen molar-refractivity contribution < 1.29 is 0 Å². The molecule has 1 aromatic heterocycles. The van der Waals surface area contributed by atoms with Crippen molar-refractivity contribution in [2.45, 2.75) is 19.4 Å². The molecule has 2 heterocycles. The number of aromatic amines is 1. The van der Waals surface area contributed by atoms with Crippen LogP contribution in [0.15, 0.2) is 54.6 Å². The number of hydrogen-bond acceptors (Lipinski definition) is 1. The van der Waals surface area contributed by atoms with Crippen LogP contribution in [0.1, 0.15) is 16.8 Å². The third kappa shape index (κ3) is 2.47. The van der Waals surface area contributed by atoms with Gasteiger partial charge in [-0.3, -0.25) is 4.90 Å². The topological polar surface area (TPSA) is 19.0 Å². The molecule has 0 bridgehead atoms. The molecule has 2 aromatic carbocycles. The lowest BCUT2D eigenvalue weighted by Gasteiger charge is -2.27. The average molecular weight is 276 g/mol. The Kier molecular flexibility index (Phi) is 3.24. The summed E-state index contributed by atoms with van der Waals surface area (Å²) >= 11 is 0. The molecule has 0 saturated heterocycles. The highest BCUT2D eigenvalue weighted by atomic mass is 15.1. The minimum Gasteiger partial charge on any atom is -0.358 e. The Bertz CT molecular complexity index is 743. The Morgan fingerprint density at radius 1 is 0.952 bits per heavy atom. The molecule has 2 nitrogen and oxygen atoms in total. The Morgan fingerprint density at radius 2 is 1.76 bits per heavy atom. The Morgan fingerprint density at radius 3 is 2.67 bits per heavy atom. The number of fused-ring (bicyclic) bond motifs is 3. The largest absolute Gasteiger partial charge is 0.358 e. The third-order valence-electron chi connectivity index (χ3n) is 4.52. The zero-order chi connectivity index (χ0) is 14.1. The van der Waals surface area contributed by atoms with Gasteiger partial charge < -0.3 is 4.98 Å². The molecule has 1 aliphatic rings. The van der Waals surface area contributed by atoms with Crippen LogP contribution >= 0.6 is 0 Å². The van der Waals surface area contributed by atoms with Crippen molar-refractivity contribution in [2.24, 2.45) is 0 Å². The van der Waals surface area contributed by atoms with Crippen LogP contribution in [0.2, 0.25) is 0 Å². The zero-order valence-corrected chi connectivity index (χ0v) is 12.2. The molecule has 0 spiro atoms. The predicted molar refractivity (Wildman–Crippen MR) is 87.4 cm³/mol. The SMILES string of the molecule is c1ccc(CCN2CCc3[nH]c4ccccc4c3C2)cc1.